The zero-order valence-corrected chi connectivity index (χ0v) is 12.7. The van der Waals surface area contributed by atoms with Gasteiger partial charge in [-0.25, -0.2) is 0 Å². The van der Waals surface area contributed by atoms with E-state index in [-0.39, 0.29) is 0 Å². The van der Waals surface area contributed by atoms with Gasteiger partial charge in [-0.05, 0) is 55.4 Å². The van der Waals surface area contributed by atoms with E-state index >= 15 is 0 Å². The molecule has 0 heterocycles. The van der Waals surface area contributed by atoms with Gasteiger partial charge in [-0.15, -0.1) is 0 Å². The van der Waals surface area contributed by atoms with Gasteiger partial charge in [-0.1, -0.05) is 52.3 Å². The molecule has 0 nitrogen and oxygen atoms in total. The Balaban J connectivity index is 2.96. The van der Waals surface area contributed by atoms with E-state index in [2.05, 4.69) is 53.7 Å². The molecule has 0 N–H and O–H groups in total. The molecule has 0 aromatic carbocycles. The first-order valence-corrected chi connectivity index (χ1v) is 7.24. The summed E-state index contributed by atoms with van der Waals surface area (Å²) >= 11 is 0. The largest absolute Gasteiger partial charge is 0.0783 e. The normalized spacial score (nSPS) is 21.3. The summed E-state index contributed by atoms with van der Waals surface area (Å²) in [5.74, 6) is 0. The molecule has 0 saturated heterocycles. The maximum absolute atomic E-state index is 2.46. The van der Waals surface area contributed by atoms with E-state index in [1.807, 2.05) is 0 Å². The van der Waals surface area contributed by atoms with Crippen LogP contribution in [0.3, 0.4) is 0 Å². The van der Waals surface area contributed by atoms with Gasteiger partial charge >= 0.3 is 0 Å². The molecule has 1 rings (SSSR count). The maximum atomic E-state index is 2.46. The van der Waals surface area contributed by atoms with Crippen LogP contribution in [0.25, 0.3) is 0 Å². The van der Waals surface area contributed by atoms with Gasteiger partial charge in [0.2, 0.25) is 0 Å². The quantitative estimate of drug-likeness (QED) is 0.568. The fraction of sp³-hybridized carbons (Fsp3) is 0.765. The second kappa shape index (κ2) is 5.42. The van der Waals surface area contributed by atoms with Gasteiger partial charge in [0.15, 0.2) is 0 Å². The van der Waals surface area contributed by atoms with Gasteiger partial charge < -0.3 is 0 Å². The topological polar surface area (TPSA) is 0 Å². The van der Waals surface area contributed by atoms with Gasteiger partial charge in [-0.3, -0.25) is 0 Å². The number of hydrogen-bond donors (Lipinski definition) is 0. The molecule has 17 heavy (non-hydrogen) atoms. The molecule has 0 saturated carbocycles. The summed E-state index contributed by atoms with van der Waals surface area (Å²) in [6.07, 6.45) is 11.3. The van der Waals surface area contributed by atoms with Gasteiger partial charge in [0.05, 0.1) is 0 Å². The van der Waals surface area contributed by atoms with E-state index in [1.54, 1.807) is 11.1 Å². The standard InChI is InChI=1S/C17H30/c1-7-17(6,8-2)13-11-15-14(3)10-9-12-16(15,4)5/h11,13H,7-10,12H2,1-6H3/b13-11+. The first-order valence-electron chi connectivity index (χ1n) is 7.24. The summed E-state index contributed by atoms with van der Waals surface area (Å²) in [6.45, 7) is 14.1. The predicted molar refractivity (Wildman–Crippen MR) is 78.2 cm³/mol. The zero-order valence-electron chi connectivity index (χ0n) is 12.7. The fourth-order valence-corrected chi connectivity index (χ4v) is 2.78. The lowest BCUT2D eigenvalue weighted by Gasteiger charge is -2.33. The zero-order chi connectivity index (χ0) is 13.1. The summed E-state index contributed by atoms with van der Waals surface area (Å²) in [7, 11) is 0. The van der Waals surface area contributed by atoms with Crippen LogP contribution in [0.15, 0.2) is 23.3 Å². The van der Waals surface area contributed by atoms with Crippen LogP contribution >= 0.6 is 0 Å². The highest BCUT2D eigenvalue weighted by molar-refractivity contribution is 5.33. The highest BCUT2D eigenvalue weighted by atomic mass is 14.3. The Hall–Kier alpha value is -0.520. The summed E-state index contributed by atoms with van der Waals surface area (Å²) in [5.41, 5.74) is 3.95. The third-order valence-corrected chi connectivity index (χ3v) is 4.81. The van der Waals surface area contributed by atoms with Gasteiger partial charge in [-0.2, -0.15) is 0 Å². The molecule has 0 unspecified atom stereocenters. The van der Waals surface area contributed by atoms with Crippen LogP contribution in [-0.2, 0) is 0 Å². The third kappa shape index (κ3) is 3.47. The molecule has 0 aromatic rings. The lowest BCUT2D eigenvalue weighted by Crippen LogP contribution is -2.20. The van der Waals surface area contributed by atoms with E-state index in [4.69, 9.17) is 0 Å². The van der Waals surface area contributed by atoms with E-state index in [0.717, 1.165) is 0 Å². The van der Waals surface area contributed by atoms with Gasteiger partial charge in [0.25, 0.3) is 0 Å². The number of hydrogen-bond acceptors (Lipinski definition) is 0. The molecule has 0 atom stereocenters. The van der Waals surface area contributed by atoms with Crippen molar-refractivity contribution in [2.75, 3.05) is 0 Å². The van der Waals surface area contributed by atoms with Crippen LogP contribution in [0.2, 0.25) is 0 Å². The Kier molecular flexibility index (Phi) is 4.63. The van der Waals surface area contributed by atoms with Crippen molar-refractivity contribution in [3.63, 3.8) is 0 Å². The van der Waals surface area contributed by atoms with Crippen molar-refractivity contribution < 1.29 is 0 Å². The van der Waals surface area contributed by atoms with Crippen LogP contribution in [-0.4, -0.2) is 0 Å². The first kappa shape index (κ1) is 14.5. The highest BCUT2D eigenvalue weighted by Gasteiger charge is 2.27. The molecule has 0 spiro atoms. The smallest absolute Gasteiger partial charge is 0.0104 e. The van der Waals surface area contributed by atoms with Crippen molar-refractivity contribution in [1.29, 1.82) is 0 Å². The Morgan fingerprint density at radius 2 is 1.82 bits per heavy atom. The summed E-state index contributed by atoms with van der Waals surface area (Å²) in [4.78, 5) is 0. The minimum absolute atomic E-state index is 0.376. The third-order valence-electron chi connectivity index (χ3n) is 4.81. The molecule has 0 aromatic heterocycles. The summed E-state index contributed by atoms with van der Waals surface area (Å²) in [6, 6.07) is 0. The Morgan fingerprint density at radius 3 is 2.29 bits per heavy atom. The molecule has 1 aliphatic carbocycles. The maximum Gasteiger partial charge on any atom is -0.0104 e. The average Bonchev–Trinajstić information content (AvgIpc) is 2.27. The molecule has 0 radical (unpaired) electrons. The first-order chi connectivity index (χ1) is 7.84. The lowest BCUT2D eigenvalue weighted by molar-refractivity contribution is 0.370. The molecular weight excluding hydrogens is 204 g/mol. The molecule has 0 amide bonds. The van der Waals surface area contributed by atoms with Crippen molar-refractivity contribution in [3.05, 3.63) is 23.3 Å². The molecule has 0 aliphatic heterocycles. The van der Waals surface area contributed by atoms with Gasteiger partial charge in [0, 0.05) is 0 Å². The summed E-state index contributed by atoms with van der Waals surface area (Å²) in [5, 5.41) is 0. The molecule has 98 valence electrons. The highest BCUT2D eigenvalue weighted by Crippen LogP contribution is 2.41. The second-order valence-electron chi connectivity index (χ2n) is 6.63. The van der Waals surface area contributed by atoms with Crippen molar-refractivity contribution in [1.82, 2.24) is 0 Å². The number of allylic oxidation sites excluding steroid dienone is 4. The SMILES string of the molecule is CCC(C)(/C=C/C1=C(C)CCCC1(C)C)CC. The van der Waals surface area contributed by atoms with Crippen LogP contribution < -0.4 is 0 Å². The summed E-state index contributed by atoms with van der Waals surface area (Å²) < 4.78 is 0. The molecule has 0 bridgehead atoms. The minimum Gasteiger partial charge on any atom is -0.0783 e. The molecule has 0 fully saturated rings. The van der Waals surface area contributed by atoms with Crippen molar-refractivity contribution in [2.45, 2.75) is 73.6 Å². The Labute approximate surface area is 108 Å². The predicted octanol–water partition coefficient (Wildman–Crippen LogP) is 5.90. The van der Waals surface area contributed by atoms with Crippen LogP contribution in [0.5, 0.6) is 0 Å². The van der Waals surface area contributed by atoms with E-state index < -0.39 is 0 Å². The number of rotatable bonds is 4. The van der Waals surface area contributed by atoms with Crippen LogP contribution in [0.1, 0.15) is 73.6 Å². The molecule has 1 aliphatic rings. The van der Waals surface area contributed by atoms with Crippen molar-refractivity contribution >= 4 is 0 Å². The second-order valence-corrected chi connectivity index (χ2v) is 6.63. The fourth-order valence-electron chi connectivity index (χ4n) is 2.78. The van der Waals surface area contributed by atoms with Crippen molar-refractivity contribution in [2.24, 2.45) is 10.8 Å². The van der Waals surface area contributed by atoms with E-state index in [9.17, 15) is 0 Å². The molecular formula is C17H30. The Bertz CT molecular complexity index is 311. The molecule has 0 heteroatoms. The van der Waals surface area contributed by atoms with Crippen LogP contribution in [0, 0.1) is 10.8 Å². The van der Waals surface area contributed by atoms with Gasteiger partial charge in [0.1, 0.15) is 0 Å². The monoisotopic (exact) mass is 234 g/mol. The van der Waals surface area contributed by atoms with Crippen molar-refractivity contribution in [3.8, 4) is 0 Å². The van der Waals surface area contributed by atoms with E-state index in [0.29, 0.717) is 10.8 Å². The average molecular weight is 234 g/mol. The van der Waals surface area contributed by atoms with E-state index in [1.165, 1.54) is 32.1 Å². The lowest BCUT2D eigenvalue weighted by atomic mass is 9.71. The van der Waals surface area contributed by atoms with Crippen LogP contribution in [0.4, 0.5) is 0 Å². The minimum atomic E-state index is 0.376. The Morgan fingerprint density at radius 1 is 1.24 bits per heavy atom.